The van der Waals surface area contributed by atoms with Gasteiger partial charge in [-0.3, -0.25) is 5.43 Å². The summed E-state index contributed by atoms with van der Waals surface area (Å²) in [5, 5.41) is 3.78. The third-order valence-electron chi connectivity index (χ3n) is 3.89. The van der Waals surface area contributed by atoms with Crippen molar-refractivity contribution >= 4 is 23.0 Å². The lowest BCUT2D eigenvalue weighted by molar-refractivity contribution is 0.501. The first-order valence-electron chi connectivity index (χ1n) is 7.69. The molecule has 0 amide bonds. The highest BCUT2D eigenvalue weighted by Gasteiger charge is 2.12. The van der Waals surface area contributed by atoms with Crippen LogP contribution in [0.2, 0.25) is 0 Å². The average molecular weight is 303 g/mol. The number of benzene rings is 1. The van der Waals surface area contributed by atoms with Crippen LogP contribution in [0.15, 0.2) is 36.0 Å². The van der Waals surface area contributed by atoms with Crippen molar-refractivity contribution in [2.24, 2.45) is 5.92 Å². The van der Waals surface area contributed by atoms with Crippen molar-refractivity contribution in [3.05, 3.63) is 41.6 Å². The Kier molecular flexibility index (Phi) is 5.62. The van der Waals surface area contributed by atoms with Gasteiger partial charge in [0, 0.05) is 11.4 Å². The molecule has 114 valence electrons. The normalized spacial score (nSPS) is 18.1. The molecule has 0 radical (unpaired) electrons. The van der Waals surface area contributed by atoms with Gasteiger partial charge in [0.2, 0.25) is 0 Å². The van der Waals surface area contributed by atoms with Gasteiger partial charge >= 0.3 is 0 Å². The van der Waals surface area contributed by atoms with Crippen LogP contribution in [0, 0.1) is 5.92 Å². The fourth-order valence-electron chi connectivity index (χ4n) is 2.46. The molecule has 0 saturated heterocycles. The number of thiocarbonyl (C=S) groups is 1. The maximum absolute atomic E-state index is 5.32. The van der Waals surface area contributed by atoms with E-state index in [9.17, 15) is 0 Å². The summed E-state index contributed by atoms with van der Waals surface area (Å²) < 4.78 is 0. The molecule has 4 heteroatoms. The van der Waals surface area contributed by atoms with Gasteiger partial charge in [-0.05, 0) is 61.0 Å². The molecule has 1 aromatic carbocycles. The van der Waals surface area contributed by atoms with Crippen molar-refractivity contribution in [3.63, 3.8) is 0 Å². The molecular weight excluding hydrogens is 278 g/mol. The van der Waals surface area contributed by atoms with Crippen LogP contribution in [0.1, 0.15) is 51.5 Å². The smallest absolute Gasteiger partial charge is 0.189 e. The SMILES string of the molecule is CC(C)c1ccc(NC(=S)NNC2=CCCC[C@H]2C)cc1. The Hall–Kier alpha value is -1.55. The van der Waals surface area contributed by atoms with Crippen LogP contribution in [-0.2, 0) is 0 Å². The zero-order valence-corrected chi connectivity index (χ0v) is 13.9. The Morgan fingerprint density at radius 2 is 1.95 bits per heavy atom. The van der Waals surface area contributed by atoms with Gasteiger partial charge in [-0.25, -0.2) is 0 Å². The molecule has 3 N–H and O–H groups in total. The fourth-order valence-corrected chi connectivity index (χ4v) is 2.62. The number of hydrogen-bond donors (Lipinski definition) is 3. The van der Waals surface area contributed by atoms with Gasteiger partial charge in [-0.15, -0.1) is 0 Å². The van der Waals surface area contributed by atoms with E-state index in [2.05, 4.69) is 67.3 Å². The number of hydrogen-bond acceptors (Lipinski definition) is 2. The quantitative estimate of drug-likeness (QED) is 0.572. The summed E-state index contributed by atoms with van der Waals surface area (Å²) in [5.41, 5.74) is 9.87. The molecule has 0 saturated carbocycles. The third kappa shape index (κ3) is 4.74. The minimum absolute atomic E-state index is 0.547. The number of anilines is 1. The zero-order chi connectivity index (χ0) is 15.2. The fraction of sp³-hybridized carbons (Fsp3) is 0.471. The lowest BCUT2D eigenvalue weighted by atomic mass is 9.94. The minimum atomic E-state index is 0.547. The highest BCUT2D eigenvalue weighted by atomic mass is 32.1. The summed E-state index contributed by atoms with van der Waals surface area (Å²) >= 11 is 5.32. The summed E-state index contributed by atoms with van der Waals surface area (Å²) in [7, 11) is 0. The molecule has 3 nitrogen and oxygen atoms in total. The van der Waals surface area contributed by atoms with Crippen molar-refractivity contribution in [3.8, 4) is 0 Å². The molecule has 0 unspecified atom stereocenters. The van der Waals surface area contributed by atoms with Crippen LogP contribution < -0.4 is 16.2 Å². The molecule has 2 rings (SSSR count). The van der Waals surface area contributed by atoms with E-state index < -0.39 is 0 Å². The van der Waals surface area contributed by atoms with Crippen LogP contribution in [0.5, 0.6) is 0 Å². The standard InChI is InChI=1S/C17H25N3S/c1-12(2)14-8-10-15(11-9-14)18-17(21)20-19-16-7-5-4-6-13(16)3/h7-13,19H,4-6H2,1-3H3,(H2,18,20,21)/t13-/m1/s1. The molecule has 0 fully saturated rings. The van der Waals surface area contributed by atoms with Gasteiger partial charge in [0.1, 0.15) is 0 Å². The molecule has 0 spiro atoms. The van der Waals surface area contributed by atoms with Crippen LogP contribution >= 0.6 is 12.2 Å². The molecule has 0 aromatic heterocycles. The second-order valence-corrected chi connectivity index (χ2v) is 6.38. The van der Waals surface area contributed by atoms with Gasteiger partial charge in [-0.1, -0.05) is 39.0 Å². The van der Waals surface area contributed by atoms with Crippen LogP contribution in [0.3, 0.4) is 0 Å². The topological polar surface area (TPSA) is 36.1 Å². The van der Waals surface area contributed by atoms with Crippen molar-refractivity contribution in [1.82, 2.24) is 10.9 Å². The van der Waals surface area contributed by atoms with Gasteiger partial charge < -0.3 is 10.7 Å². The number of nitrogens with one attached hydrogen (secondary N) is 3. The molecule has 0 bridgehead atoms. The number of hydrazine groups is 1. The summed E-state index contributed by atoms with van der Waals surface area (Å²) in [6.45, 7) is 6.62. The first kappa shape index (κ1) is 15.8. The second kappa shape index (κ2) is 7.46. The average Bonchev–Trinajstić information content (AvgIpc) is 2.47. The van der Waals surface area contributed by atoms with E-state index in [0.29, 0.717) is 16.9 Å². The van der Waals surface area contributed by atoms with E-state index in [0.717, 1.165) is 12.1 Å². The van der Waals surface area contributed by atoms with E-state index in [-0.39, 0.29) is 0 Å². The molecule has 0 aliphatic heterocycles. The number of rotatable bonds is 4. The molecular formula is C17H25N3S. The Balaban J connectivity index is 1.83. The largest absolute Gasteiger partial charge is 0.331 e. The Morgan fingerprint density at radius 3 is 2.57 bits per heavy atom. The van der Waals surface area contributed by atoms with Crippen LogP contribution in [-0.4, -0.2) is 5.11 Å². The minimum Gasteiger partial charge on any atom is -0.331 e. The maximum atomic E-state index is 5.32. The molecule has 0 heterocycles. The molecule has 1 atom stereocenters. The Labute approximate surface area is 133 Å². The van der Waals surface area contributed by atoms with Gasteiger partial charge in [0.05, 0.1) is 0 Å². The first-order valence-corrected chi connectivity index (χ1v) is 8.10. The van der Waals surface area contributed by atoms with E-state index >= 15 is 0 Å². The molecule has 1 aromatic rings. The highest BCUT2D eigenvalue weighted by Crippen LogP contribution is 2.21. The number of allylic oxidation sites excluding steroid dienone is 2. The van der Waals surface area contributed by atoms with Crippen LogP contribution in [0.4, 0.5) is 5.69 Å². The monoisotopic (exact) mass is 303 g/mol. The lowest BCUT2D eigenvalue weighted by Gasteiger charge is -2.23. The van der Waals surface area contributed by atoms with Crippen molar-refractivity contribution in [1.29, 1.82) is 0 Å². The van der Waals surface area contributed by atoms with E-state index in [1.54, 1.807) is 0 Å². The summed E-state index contributed by atoms with van der Waals surface area (Å²) in [5.74, 6) is 1.12. The van der Waals surface area contributed by atoms with Gasteiger partial charge in [-0.2, -0.15) is 0 Å². The van der Waals surface area contributed by atoms with E-state index in [4.69, 9.17) is 12.2 Å². The first-order chi connectivity index (χ1) is 10.1. The molecule has 1 aliphatic rings. The van der Waals surface area contributed by atoms with Crippen LogP contribution in [0.25, 0.3) is 0 Å². The Bertz CT molecular complexity index is 505. The van der Waals surface area contributed by atoms with Gasteiger partial charge in [0.25, 0.3) is 0 Å². The van der Waals surface area contributed by atoms with E-state index in [1.165, 1.54) is 24.1 Å². The summed E-state index contributed by atoms with van der Waals surface area (Å²) in [4.78, 5) is 0. The van der Waals surface area contributed by atoms with Crippen molar-refractivity contribution < 1.29 is 0 Å². The summed E-state index contributed by atoms with van der Waals surface area (Å²) in [6.07, 6.45) is 5.90. The predicted molar refractivity (Wildman–Crippen MR) is 94.1 cm³/mol. The second-order valence-electron chi connectivity index (χ2n) is 5.97. The van der Waals surface area contributed by atoms with E-state index in [1.807, 2.05) is 0 Å². The maximum Gasteiger partial charge on any atom is 0.189 e. The van der Waals surface area contributed by atoms with Gasteiger partial charge in [0.15, 0.2) is 5.11 Å². The highest BCUT2D eigenvalue weighted by molar-refractivity contribution is 7.80. The predicted octanol–water partition coefficient (Wildman–Crippen LogP) is 4.30. The Morgan fingerprint density at radius 1 is 1.24 bits per heavy atom. The lowest BCUT2D eigenvalue weighted by Crippen LogP contribution is -2.41. The third-order valence-corrected chi connectivity index (χ3v) is 4.10. The van der Waals surface area contributed by atoms with Crippen molar-refractivity contribution in [2.75, 3.05) is 5.32 Å². The molecule has 21 heavy (non-hydrogen) atoms. The molecule has 1 aliphatic carbocycles. The summed E-state index contributed by atoms with van der Waals surface area (Å²) in [6, 6.07) is 8.39. The zero-order valence-electron chi connectivity index (χ0n) is 13.1. The van der Waals surface area contributed by atoms with Crippen molar-refractivity contribution in [2.45, 2.75) is 46.0 Å².